The molecule has 2 aromatic carbocycles. The van der Waals surface area contributed by atoms with Crippen molar-refractivity contribution in [3.8, 4) is 17.2 Å². The highest BCUT2D eigenvalue weighted by Crippen LogP contribution is 2.24. The van der Waals surface area contributed by atoms with E-state index in [2.05, 4.69) is 0 Å². The number of nitrogens with two attached hydrogens (primary N) is 1. The first-order valence-corrected chi connectivity index (χ1v) is 8.39. The first-order chi connectivity index (χ1) is 13.5. The van der Waals surface area contributed by atoms with Crippen LogP contribution in [0.1, 0.15) is 17.3 Å². The van der Waals surface area contributed by atoms with Gasteiger partial charge in [-0.15, -0.1) is 0 Å². The van der Waals surface area contributed by atoms with Gasteiger partial charge in [-0.05, 0) is 43.3 Å². The van der Waals surface area contributed by atoms with Crippen molar-refractivity contribution in [2.45, 2.75) is 6.92 Å². The van der Waals surface area contributed by atoms with E-state index >= 15 is 0 Å². The molecule has 3 rings (SSSR count). The molecular weight excluding hydrogens is 366 g/mol. The first kappa shape index (κ1) is 19.0. The molecule has 1 amide bonds. The Balaban J connectivity index is 1.81. The monoisotopic (exact) mass is 383 g/mol. The molecule has 2 N–H and O–H groups in total. The van der Waals surface area contributed by atoms with Crippen LogP contribution >= 0.6 is 0 Å². The van der Waals surface area contributed by atoms with Crippen molar-refractivity contribution in [1.82, 2.24) is 0 Å². The summed E-state index contributed by atoms with van der Waals surface area (Å²) in [5, 5.41) is 0.284. The zero-order valence-electron chi connectivity index (χ0n) is 15.0. The fourth-order valence-corrected chi connectivity index (χ4v) is 2.41. The van der Waals surface area contributed by atoms with Crippen LogP contribution in [0.5, 0.6) is 17.2 Å². The second kappa shape index (κ2) is 8.26. The lowest BCUT2D eigenvalue weighted by Crippen LogP contribution is -2.20. The molecular formula is C20H17NO7. The molecule has 1 aromatic heterocycles. The van der Waals surface area contributed by atoms with Gasteiger partial charge in [0.2, 0.25) is 11.2 Å². The van der Waals surface area contributed by atoms with Crippen molar-refractivity contribution >= 4 is 22.8 Å². The average molecular weight is 383 g/mol. The zero-order chi connectivity index (χ0) is 20.1. The Morgan fingerprint density at radius 3 is 2.46 bits per heavy atom. The smallest absolute Gasteiger partial charge is 0.338 e. The largest absolute Gasteiger partial charge is 0.484 e. The maximum Gasteiger partial charge on any atom is 0.338 e. The molecule has 3 aromatic rings. The fraction of sp³-hybridized carbons (Fsp3) is 0.150. The van der Waals surface area contributed by atoms with Gasteiger partial charge in [-0.3, -0.25) is 9.59 Å². The van der Waals surface area contributed by atoms with E-state index in [1.807, 2.05) is 0 Å². The van der Waals surface area contributed by atoms with Gasteiger partial charge in [-0.25, -0.2) is 4.79 Å². The summed E-state index contributed by atoms with van der Waals surface area (Å²) in [6.07, 6.45) is 1.18. The van der Waals surface area contributed by atoms with E-state index in [1.54, 1.807) is 31.2 Å². The van der Waals surface area contributed by atoms with E-state index in [0.717, 1.165) is 0 Å². The van der Waals surface area contributed by atoms with Gasteiger partial charge in [-0.1, -0.05) is 0 Å². The minimum Gasteiger partial charge on any atom is -0.484 e. The summed E-state index contributed by atoms with van der Waals surface area (Å²) in [5.41, 5.74) is 5.31. The van der Waals surface area contributed by atoms with E-state index in [4.69, 9.17) is 24.4 Å². The highest BCUT2D eigenvalue weighted by molar-refractivity contribution is 5.89. The zero-order valence-corrected chi connectivity index (χ0v) is 15.0. The van der Waals surface area contributed by atoms with Gasteiger partial charge in [-0.2, -0.15) is 0 Å². The van der Waals surface area contributed by atoms with Gasteiger partial charge in [0, 0.05) is 6.07 Å². The average Bonchev–Trinajstić information content (AvgIpc) is 2.69. The Bertz CT molecular complexity index is 1070. The summed E-state index contributed by atoms with van der Waals surface area (Å²) in [7, 11) is 0. The third kappa shape index (κ3) is 4.29. The maximum absolute atomic E-state index is 12.6. The van der Waals surface area contributed by atoms with Crippen LogP contribution in [-0.2, 0) is 9.53 Å². The predicted octanol–water partition coefficient (Wildman–Crippen LogP) is 2.63. The van der Waals surface area contributed by atoms with Crippen molar-refractivity contribution in [2.75, 3.05) is 13.2 Å². The summed E-state index contributed by atoms with van der Waals surface area (Å²) < 4.78 is 21.1. The lowest BCUT2D eigenvalue weighted by molar-refractivity contribution is -0.119. The van der Waals surface area contributed by atoms with Gasteiger partial charge in [0.1, 0.15) is 23.3 Å². The van der Waals surface area contributed by atoms with Crippen molar-refractivity contribution < 1.29 is 28.2 Å². The number of hydrogen-bond donors (Lipinski definition) is 1. The highest BCUT2D eigenvalue weighted by atomic mass is 16.5. The second-order valence-electron chi connectivity index (χ2n) is 5.69. The molecule has 0 saturated heterocycles. The van der Waals surface area contributed by atoms with Crippen LogP contribution in [0.25, 0.3) is 11.0 Å². The first-order valence-electron chi connectivity index (χ1n) is 8.39. The van der Waals surface area contributed by atoms with Gasteiger partial charge in [0.25, 0.3) is 5.91 Å². The molecule has 8 nitrogen and oxygen atoms in total. The number of amides is 1. The Kier molecular flexibility index (Phi) is 5.59. The second-order valence-corrected chi connectivity index (χ2v) is 5.69. The van der Waals surface area contributed by atoms with Crippen LogP contribution in [0.4, 0.5) is 0 Å². The molecule has 28 heavy (non-hydrogen) atoms. The summed E-state index contributed by atoms with van der Waals surface area (Å²) in [6.45, 7) is 1.73. The third-order valence-corrected chi connectivity index (χ3v) is 3.69. The molecule has 0 radical (unpaired) electrons. The SMILES string of the molecule is CCOC(=O)c1ccc(Oc2coc3cc(OCC(N)=O)ccc3c2=O)cc1. The minimum absolute atomic E-state index is 0.0119. The van der Waals surface area contributed by atoms with Crippen LogP contribution < -0.4 is 20.6 Å². The van der Waals surface area contributed by atoms with Crippen LogP contribution in [0.15, 0.2) is 57.9 Å². The Labute approximate surface area is 159 Å². The van der Waals surface area contributed by atoms with Crippen molar-refractivity contribution in [2.24, 2.45) is 5.73 Å². The Hall–Kier alpha value is -3.81. The Morgan fingerprint density at radius 1 is 1.07 bits per heavy atom. The van der Waals surface area contributed by atoms with Crippen molar-refractivity contribution in [3.05, 3.63) is 64.5 Å². The number of carbonyl (C=O) groups is 2. The van der Waals surface area contributed by atoms with E-state index in [9.17, 15) is 14.4 Å². The molecule has 0 bridgehead atoms. The number of carbonyl (C=O) groups excluding carboxylic acids is 2. The molecule has 0 aliphatic rings. The number of esters is 1. The standard InChI is InChI=1S/C20H17NO7/c1-2-25-20(24)12-3-5-13(6-4-12)28-17-10-27-16-9-14(26-11-18(21)22)7-8-15(16)19(17)23/h3-10H,2,11H2,1H3,(H2,21,22). The number of primary amides is 1. The van der Waals surface area contributed by atoms with Crippen LogP contribution in [0, 0.1) is 0 Å². The maximum atomic E-state index is 12.6. The fourth-order valence-electron chi connectivity index (χ4n) is 2.41. The molecule has 144 valence electrons. The van der Waals surface area contributed by atoms with E-state index in [0.29, 0.717) is 17.1 Å². The molecule has 0 fully saturated rings. The van der Waals surface area contributed by atoms with E-state index in [-0.39, 0.29) is 35.4 Å². The lowest BCUT2D eigenvalue weighted by atomic mass is 10.2. The minimum atomic E-state index is -0.612. The summed E-state index contributed by atoms with van der Waals surface area (Å²) in [4.78, 5) is 35.0. The van der Waals surface area contributed by atoms with E-state index in [1.165, 1.54) is 24.5 Å². The Morgan fingerprint density at radius 2 is 1.79 bits per heavy atom. The summed E-state index contributed by atoms with van der Waals surface area (Å²) in [5.74, 6) is -0.353. The normalized spacial score (nSPS) is 10.5. The lowest BCUT2D eigenvalue weighted by Gasteiger charge is -2.08. The molecule has 0 spiro atoms. The van der Waals surface area contributed by atoms with Crippen molar-refractivity contribution in [1.29, 1.82) is 0 Å². The third-order valence-electron chi connectivity index (χ3n) is 3.69. The van der Waals surface area contributed by atoms with E-state index < -0.39 is 11.9 Å². The highest BCUT2D eigenvalue weighted by Gasteiger charge is 2.12. The number of fused-ring (bicyclic) bond motifs is 1. The van der Waals surface area contributed by atoms with Gasteiger partial charge in [0.05, 0.1) is 17.6 Å². The molecule has 1 heterocycles. The molecule has 0 atom stereocenters. The number of rotatable bonds is 7. The molecule has 8 heteroatoms. The van der Waals surface area contributed by atoms with Gasteiger partial charge >= 0.3 is 5.97 Å². The molecule has 0 aliphatic carbocycles. The van der Waals surface area contributed by atoms with Gasteiger partial charge < -0.3 is 24.4 Å². The van der Waals surface area contributed by atoms with Crippen LogP contribution in [0.3, 0.4) is 0 Å². The molecule has 0 unspecified atom stereocenters. The van der Waals surface area contributed by atoms with Gasteiger partial charge in [0.15, 0.2) is 6.61 Å². The van der Waals surface area contributed by atoms with Crippen LogP contribution in [0.2, 0.25) is 0 Å². The topological polar surface area (TPSA) is 118 Å². The summed E-state index contributed by atoms with van der Waals surface area (Å²) >= 11 is 0. The molecule has 0 aliphatic heterocycles. The number of benzene rings is 2. The van der Waals surface area contributed by atoms with Crippen molar-refractivity contribution in [3.63, 3.8) is 0 Å². The number of hydrogen-bond acceptors (Lipinski definition) is 7. The predicted molar refractivity (Wildman–Crippen MR) is 99.6 cm³/mol. The summed E-state index contributed by atoms with van der Waals surface area (Å²) in [6, 6.07) is 10.7. The van der Waals surface area contributed by atoms with Crippen LogP contribution in [-0.4, -0.2) is 25.1 Å². The molecule has 0 saturated carbocycles. The quantitative estimate of drug-likeness (QED) is 0.623. The number of ether oxygens (including phenoxy) is 3.